The summed E-state index contributed by atoms with van der Waals surface area (Å²) in [6.45, 7) is 10.0. The second kappa shape index (κ2) is 49.0. The Morgan fingerprint density at radius 1 is 1.00 bits per heavy atom. The maximum Gasteiger partial charge on any atom is 2.00 e. The van der Waals surface area contributed by atoms with Gasteiger partial charge in [0, 0.05) is 18.9 Å². The standard InChI is InChI=1S/2C3H5.Cu.Li/c2*1-3-2;;/h2*1H2,2H3;;/q2*-1;+2;. The molecule has 0 aliphatic carbocycles. The summed E-state index contributed by atoms with van der Waals surface area (Å²) in [6.07, 6.45) is 5.00. The third-order valence-electron chi connectivity index (χ3n) is 0. The van der Waals surface area contributed by atoms with Gasteiger partial charge in [-0.25, -0.2) is 0 Å². The molecule has 2 heteroatoms. The van der Waals surface area contributed by atoms with Crippen LogP contribution in [0, 0.1) is 12.2 Å². The third kappa shape index (κ3) is 580. The van der Waals surface area contributed by atoms with Gasteiger partial charge in [-0.3, -0.25) is 13.2 Å². The van der Waals surface area contributed by atoms with Crippen molar-refractivity contribution in [1.82, 2.24) is 0 Å². The van der Waals surface area contributed by atoms with E-state index in [1.807, 2.05) is 0 Å². The topological polar surface area (TPSA) is 0 Å². The average molecular weight is 153 g/mol. The summed E-state index contributed by atoms with van der Waals surface area (Å²) in [5.41, 5.74) is 0. The van der Waals surface area contributed by atoms with E-state index >= 15 is 0 Å². The van der Waals surface area contributed by atoms with Gasteiger partial charge < -0.3 is 12.2 Å². The molecule has 8 heavy (non-hydrogen) atoms. The zero-order valence-electron chi connectivity index (χ0n) is 5.72. The van der Waals surface area contributed by atoms with Gasteiger partial charge in [0.15, 0.2) is 0 Å². The molecule has 0 bridgehead atoms. The predicted octanol–water partition coefficient (Wildman–Crippen LogP) is 1.61. The molecule has 0 heterocycles. The van der Waals surface area contributed by atoms with Gasteiger partial charge in [-0.1, -0.05) is 0 Å². The van der Waals surface area contributed by atoms with Gasteiger partial charge in [-0.15, -0.1) is 0 Å². The van der Waals surface area contributed by atoms with Crippen molar-refractivity contribution in [3.8, 4) is 0 Å². The first kappa shape index (κ1) is 23.5. The molecule has 0 aromatic heterocycles. The van der Waals surface area contributed by atoms with Crippen LogP contribution in [0.4, 0.5) is 0 Å². The maximum atomic E-state index is 3.24. The van der Waals surface area contributed by atoms with Crippen molar-refractivity contribution in [1.29, 1.82) is 0 Å². The van der Waals surface area contributed by atoms with Crippen LogP contribution in [-0.2, 0) is 17.1 Å². The molecule has 0 rings (SSSR count). The molecule has 2 radical (unpaired) electrons. The van der Waals surface area contributed by atoms with E-state index in [0.29, 0.717) is 0 Å². The van der Waals surface area contributed by atoms with Crippen molar-refractivity contribution < 1.29 is 17.1 Å². The zero-order valence-corrected chi connectivity index (χ0v) is 6.66. The first-order valence-corrected chi connectivity index (χ1v) is 1.71. The molecule has 0 N–H and O–H groups in total. The van der Waals surface area contributed by atoms with Crippen molar-refractivity contribution in [2.45, 2.75) is 13.8 Å². The minimum Gasteiger partial charge on any atom is -0.507 e. The second-order valence-corrected chi connectivity index (χ2v) is 0.707. The van der Waals surface area contributed by atoms with E-state index in [1.54, 1.807) is 13.8 Å². The number of rotatable bonds is 0. The summed E-state index contributed by atoms with van der Waals surface area (Å²) in [6, 6.07) is 0. The van der Waals surface area contributed by atoms with Gasteiger partial charge in [0.2, 0.25) is 0 Å². The molecular weight excluding hydrogens is 143 g/mol. The molecule has 46 valence electrons. The minimum absolute atomic E-state index is 0. The zero-order chi connectivity index (χ0) is 5.41. The van der Waals surface area contributed by atoms with Crippen LogP contribution in [0.5, 0.6) is 0 Å². The quantitative estimate of drug-likeness (QED) is 0.366. The number of hydrogen-bond donors (Lipinski definition) is 0. The molecule has 0 aromatic carbocycles. The van der Waals surface area contributed by atoms with E-state index in [4.69, 9.17) is 0 Å². The summed E-state index contributed by atoms with van der Waals surface area (Å²) in [4.78, 5) is 0. The van der Waals surface area contributed by atoms with E-state index in [-0.39, 0.29) is 35.9 Å². The Bertz CT molecular complexity index is 29.5. The van der Waals surface area contributed by atoms with E-state index in [9.17, 15) is 0 Å². The van der Waals surface area contributed by atoms with E-state index in [0.717, 1.165) is 0 Å². The van der Waals surface area contributed by atoms with E-state index < -0.39 is 0 Å². The van der Waals surface area contributed by atoms with Gasteiger partial charge in [0.25, 0.3) is 0 Å². The van der Waals surface area contributed by atoms with Crippen molar-refractivity contribution in [2.75, 3.05) is 0 Å². The molecule has 0 unspecified atom stereocenters. The smallest absolute Gasteiger partial charge is 0.507 e. The van der Waals surface area contributed by atoms with Crippen molar-refractivity contribution in [3.63, 3.8) is 0 Å². The molecule has 0 atom stereocenters. The molecule has 0 saturated heterocycles. The minimum atomic E-state index is 0. The summed E-state index contributed by atoms with van der Waals surface area (Å²) < 4.78 is 0. The SMILES string of the molecule is C=[C-]C.C=[C-]C.[Cu+2].[Li]. The normalized spacial score (nSPS) is 3.25. The predicted molar refractivity (Wildman–Crippen MR) is 34.8 cm³/mol. The van der Waals surface area contributed by atoms with E-state index in [1.165, 1.54) is 0 Å². The fourth-order valence-electron chi connectivity index (χ4n) is 0. The molecule has 0 fully saturated rings. The van der Waals surface area contributed by atoms with Gasteiger partial charge in [-0.2, -0.15) is 13.8 Å². The number of hydrogen-bond acceptors (Lipinski definition) is 0. The fourth-order valence-corrected chi connectivity index (χ4v) is 0. The summed E-state index contributed by atoms with van der Waals surface area (Å²) in [5, 5.41) is 0. The largest absolute Gasteiger partial charge is 2.00 e. The molecule has 0 aliphatic heterocycles. The second-order valence-electron chi connectivity index (χ2n) is 0.707. The third-order valence-corrected chi connectivity index (χ3v) is 0. The fraction of sp³-hybridized carbons (Fsp3) is 0.333. The van der Waals surface area contributed by atoms with Crippen LogP contribution in [0.25, 0.3) is 0 Å². The molecule has 0 saturated carbocycles. The molecule has 0 aliphatic rings. The van der Waals surface area contributed by atoms with Crippen molar-refractivity contribution in [3.05, 3.63) is 25.3 Å². The van der Waals surface area contributed by atoms with Crippen LogP contribution in [0.1, 0.15) is 13.8 Å². The van der Waals surface area contributed by atoms with Crippen LogP contribution < -0.4 is 0 Å². The van der Waals surface area contributed by atoms with Gasteiger partial charge in [-0.05, 0) is 0 Å². The molecule has 0 spiro atoms. The Morgan fingerprint density at radius 2 is 1.00 bits per heavy atom. The van der Waals surface area contributed by atoms with Crippen LogP contribution in [0.15, 0.2) is 13.2 Å². The van der Waals surface area contributed by atoms with Gasteiger partial charge in [0.1, 0.15) is 0 Å². The average Bonchev–Trinajstić information content (AvgIpc) is 1.39. The Balaban J connectivity index is -0.0000000160. The summed E-state index contributed by atoms with van der Waals surface area (Å²) >= 11 is 0. The van der Waals surface area contributed by atoms with Gasteiger partial charge in [0.05, 0.1) is 0 Å². The first-order chi connectivity index (χ1) is 2.83. The van der Waals surface area contributed by atoms with E-state index in [2.05, 4.69) is 25.3 Å². The monoisotopic (exact) mass is 152 g/mol. The molecular formula is C6H10CuLi. The summed E-state index contributed by atoms with van der Waals surface area (Å²) in [7, 11) is 0. The maximum absolute atomic E-state index is 3.24. The molecule has 0 aromatic rings. The van der Waals surface area contributed by atoms with Crippen molar-refractivity contribution >= 4 is 18.9 Å². The number of allylic oxidation sites excluding steroid dienone is 2. The Labute approximate surface area is 75.1 Å². The van der Waals surface area contributed by atoms with Crippen LogP contribution in [-0.4, -0.2) is 18.9 Å². The Hall–Kier alpha value is 0.597. The van der Waals surface area contributed by atoms with Gasteiger partial charge >= 0.3 is 17.1 Å². The van der Waals surface area contributed by atoms with Crippen LogP contribution >= 0.6 is 0 Å². The summed E-state index contributed by atoms with van der Waals surface area (Å²) in [5.74, 6) is 0. The van der Waals surface area contributed by atoms with Crippen molar-refractivity contribution in [2.24, 2.45) is 0 Å². The van der Waals surface area contributed by atoms with Crippen LogP contribution in [0.2, 0.25) is 0 Å². The Kier molecular flexibility index (Phi) is 144. The Morgan fingerprint density at radius 3 is 1.00 bits per heavy atom. The molecule has 0 amide bonds. The first-order valence-electron chi connectivity index (χ1n) is 1.71. The molecule has 0 nitrogen and oxygen atoms in total. The van der Waals surface area contributed by atoms with Crippen LogP contribution in [0.3, 0.4) is 0 Å².